The Labute approximate surface area is 226 Å². The molecule has 1 fully saturated rings. The number of hydrogen-bond acceptors (Lipinski definition) is 6. The second-order valence-corrected chi connectivity index (χ2v) is 8.92. The number of aliphatic hydroxyl groups is 1. The topological polar surface area (TPSA) is 97.2 Å². The molecule has 7 nitrogen and oxygen atoms in total. The minimum Gasteiger partial charge on any atom is -0.506 e. The maximum Gasteiger partial charge on any atom is 0.408 e. The maximum atomic E-state index is 15.3. The maximum absolute atomic E-state index is 15.3. The second kappa shape index (κ2) is 12.0. The molecule has 2 N–H and O–H groups in total. The van der Waals surface area contributed by atoms with Gasteiger partial charge in [-0.25, -0.2) is 27.2 Å². The first-order valence-electron chi connectivity index (χ1n) is 12.2. The van der Waals surface area contributed by atoms with Crippen LogP contribution in [0, 0.1) is 23.3 Å². The molecular weight excluding hydrogens is 532 g/mol. The van der Waals surface area contributed by atoms with E-state index in [1.165, 1.54) is 6.92 Å². The number of hydrogen-bond donors (Lipinski definition) is 2. The summed E-state index contributed by atoms with van der Waals surface area (Å²) < 4.78 is 67.7. The van der Waals surface area contributed by atoms with Crippen LogP contribution in [0.4, 0.5) is 28.0 Å². The number of aliphatic imine (C=N–C) groups is 1. The number of esters is 1. The highest BCUT2D eigenvalue weighted by atomic mass is 19.1. The van der Waals surface area contributed by atoms with Crippen molar-refractivity contribution in [2.45, 2.75) is 31.9 Å². The van der Waals surface area contributed by atoms with Crippen molar-refractivity contribution in [1.82, 2.24) is 5.32 Å². The summed E-state index contributed by atoms with van der Waals surface area (Å²) >= 11 is 0. The molecule has 0 aliphatic heterocycles. The molecule has 3 aromatic rings. The Morgan fingerprint density at radius 2 is 1.70 bits per heavy atom. The number of nitrogens with zero attached hydrogens (tertiary/aromatic N) is 1. The summed E-state index contributed by atoms with van der Waals surface area (Å²) in [4.78, 5) is 28.6. The Balaban J connectivity index is 1.60. The lowest BCUT2D eigenvalue weighted by Gasteiger charge is -2.19. The number of carbonyl (C=O) groups is 2. The van der Waals surface area contributed by atoms with E-state index in [1.807, 2.05) is 6.07 Å². The van der Waals surface area contributed by atoms with E-state index in [-0.39, 0.29) is 24.5 Å². The number of nitrogens with one attached hydrogen (secondary N) is 1. The van der Waals surface area contributed by atoms with Crippen molar-refractivity contribution in [3.8, 4) is 0 Å². The average molecular weight is 557 g/mol. The predicted octanol–water partition coefficient (Wildman–Crippen LogP) is 6.39. The Morgan fingerprint density at radius 3 is 2.35 bits per heavy atom. The minimum atomic E-state index is -1.21. The van der Waals surface area contributed by atoms with Crippen molar-refractivity contribution in [2.75, 3.05) is 6.61 Å². The molecule has 11 heteroatoms. The van der Waals surface area contributed by atoms with Gasteiger partial charge in [0.25, 0.3) is 0 Å². The number of benzene rings is 3. The third-order valence-electron chi connectivity index (χ3n) is 6.12. The molecule has 0 heterocycles. The Kier molecular flexibility index (Phi) is 8.52. The van der Waals surface area contributed by atoms with Crippen LogP contribution in [0.25, 0.3) is 5.76 Å². The van der Waals surface area contributed by atoms with Crippen molar-refractivity contribution >= 4 is 29.7 Å². The molecule has 0 spiro atoms. The summed E-state index contributed by atoms with van der Waals surface area (Å²) in [5, 5.41) is 13.3. The molecule has 0 atom stereocenters. The van der Waals surface area contributed by atoms with Crippen molar-refractivity contribution in [3.05, 3.63) is 106 Å². The third-order valence-corrected chi connectivity index (χ3v) is 6.12. The predicted molar refractivity (Wildman–Crippen MR) is 138 cm³/mol. The van der Waals surface area contributed by atoms with Crippen molar-refractivity contribution in [1.29, 1.82) is 0 Å². The lowest BCUT2D eigenvalue weighted by molar-refractivity contribution is -0.137. The van der Waals surface area contributed by atoms with Crippen molar-refractivity contribution in [2.24, 2.45) is 4.99 Å². The van der Waals surface area contributed by atoms with Crippen LogP contribution in [0.1, 0.15) is 36.5 Å². The summed E-state index contributed by atoms with van der Waals surface area (Å²) in [6.45, 7) is 1.33. The van der Waals surface area contributed by atoms with Crippen molar-refractivity contribution in [3.63, 3.8) is 0 Å². The molecule has 1 aliphatic rings. The van der Waals surface area contributed by atoms with E-state index in [0.29, 0.717) is 31.2 Å². The fourth-order valence-corrected chi connectivity index (χ4v) is 3.92. The summed E-state index contributed by atoms with van der Waals surface area (Å²) in [5.41, 5.74) is -2.40. The normalized spacial score (nSPS) is 14.4. The smallest absolute Gasteiger partial charge is 0.408 e. The van der Waals surface area contributed by atoms with E-state index in [9.17, 15) is 23.5 Å². The Morgan fingerprint density at radius 1 is 0.975 bits per heavy atom. The fourth-order valence-electron chi connectivity index (χ4n) is 3.92. The zero-order valence-electron chi connectivity index (χ0n) is 21.2. The zero-order valence-corrected chi connectivity index (χ0v) is 21.2. The zero-order chi connectivity index (χ0) is 28.9. The molecular formula is C29H24F4N2O5. The largest absolute Gasteiger partial charge is 0.506 e. The van der Waals surface area contributed by atoms with Gasteiger partial charge >= 0.3 is 12.1 Å². The van der Waals surface area contributed by atoms with Gasteiger partial charge in [-0.2, -0.15) is 0 Å². The Bertz CT molecular complexity index is 1490. The number of rotatable bonds is 9. The van der Waals surface area contributed by atoms with Gasteiger partial charge in [0.05, 0.1) is 23.4 Å². The Hall–Kier alpha value is -4.67. The quantitative estimate of drug-likeness (QED) is 0.105. The molecule has 0 saturated heterocycles. The van der Waals surface area contributed by atoms with Crippen LogP contribution in [-0.2, 0) is 26.4 Å². The average Bonchev–Trinajstić information content (AvgIpc) is 3.70. The van der Waals surface area contributed by atoms with Gasteiger partial charge in [0.1, 0.15) is 35.4 Å². The van der Waals surface area contributed by atoms with Crippen LogP contribution in [0.3, 0.4) is 0 Å². The van der Waals surface area contributed by atoms with Gasteiger partial charge in [-0.3, -0.25) is 4.99 Å². The first-order chi connectivity index (χ1) is 19.1. The van der Waals surface area contributed by atoms with Gasteiger partial charge in [0.2, 0.25) is 0 Å². The van der Waals surface area contributed by atoms with Gasteiger partial charge in [0.15, 0.2) is 5.82 Å². The minimum absolute atomic E-state index is 0.0167. The van der Waals surface area contributed by atoms with Crippen molar-refractivity contribution < 1.29 is 41.7 Å². The van der Waals surface area contributed by atoms with E-state index in [0.717, 1.165) is 23.8 Å². The van der Waals surface area contributed by atoms with E-state index >= 15 is 8.78 Å². The van der Waals surface area contributed by atoms with E-state index in [2.05, 4.69) is 10.3 Å². The standard InChI is InChI=1S/C29H24F4N2O5/c1-2-39-27(37)20(15-34-25-9-8-18(30)12-24(25)33)26(36)19-13-23(32)21(14-22(19)31)29(10-11-29)35-28(38)40-16-17-6-4-3-5-7-17/h3-9,12-15,36H,2,10-11,16H2,1H3,(H,35,38)/b26-20-,34-15?. The van der Waals surface area contributed by atoms with Crippen LogP contribution in [0.15, 0.2) is 71.2 Å². The van der Waals surface area contributed by atoms with Crippen LogP contribution in [0.2, 0.25) is 0 Å². The second-order valence-electron chi connectivity index (χ2n) is 8.92. The third kappa shape index (κ3) is 6.48. The SMILES string of the molecule is CCOC(=O)/C(C=Nc1ccc(F)cc1F)=C(\O)c1cc(F)c(C2(NC(=O)OCc3ccccc3)CC2)cc1F. The number of ether oxygens (including phenoxy) is 2. The molecule has 3 aromatic carbocycles. The van der Waals surface area contributed by atoms with Gasteiger partial charge in [-0.15, -0.1) is 0 Å². The molecule has 40 heavy (non-hydrogen) atoms. The summed E-state index contributed by atoms with van der Waals surface area (Å²) in [7, 11) is 0. The molecule has 208 valence electrons. The molecule has 0 radical (unpaired) electrons. The molecule has 0 unspecified atom stereocenters. The lowest BCUT2D eigenvalue weighted by atomic mass is 9.99. The van der Waals surface area contributed by atoms with Crippen LogP contribution >= 0.6 is 0 Å². The number of aliphatic hydroxyl groups excluding tert-OH is 1. The van der Waals surface area contributed by atoms with E-state index in [4.69, 9.17) is 9.47 Å². The summed E-state index contributed by atoms with van der Waals surface area (Å²) in [6, 6.07) is 12.9. The number of alkyl carbamates (subject to hydrolysis) is 1. The number of halogens is 4. The summed E-state index contributed by atoms with van der Waals surface area (Å²) in [5.74, 6) is -6.14. The van der Waals surface area contributed by atoms with Gasteiger partial charge in [-0.05, 0) is 49.6 Å². The van der Waals surface area contributed by atoms with E-state index in [1.54, 1.807) is 24.3 Å². The van der Waals surface area contributed by atoms with E-state index < -0.39 is 57.8 Å². The molecule has 1 saturated carbocycles. The fraction of sp³-hybridized carbons (Fsp3) is 0.207. The number of carbonyl (C=O) groups excluding carboxylic acids is 2. The first kappa shape index (κ1) is 28.3. The molecule has 4 rings (SSSR count). The molecule has 1 amide bonds. The highest BCUT2D eigenvalue weighted by Gasteiger charge is 2.48. The monoisotopic (exact) mass is 556 g/mol. The molecule has 0 aromatic heterocycles. The highest BCUT2D eigenvalue weighted by Crippen LogP contribution is 2.47. The lowest BCUT2D eigenvalue weighted by Crippen LogP contribution is -2.36. The van der Waals surface area contributed by atoms with Gasteiger partial charge < -0.3 is 19.9 Å². The van der Waals surface area contributed by atoms with Crippen LogP contribution in [-0.4, -0.2) is 30.0 Å². The van der Waals surface area contributed by atoms with Gasteiger partial charge in [-0.1, -0.05) is 30.3 Å². The van der Waals surface area contributed by atoms with Gasteiger partial charge in [0, 0.05) is 17.8 Å². The molecule has 1 aliphatic carbocycles. The number of amides is 1. The van der Waals surface area contributed by atoms with Crippen LogP contribution in [0.5, 0.6) is 0 Å². The summed E-state index contributed by atoms with van der Waals surface area (Å²) in [6.07, 6.45) is 0.521. The molecule has 0 bridgehead atoms. The van der Waals surface area contributed by atoms with Crippen LogP contribution < -0.4 is 5.32 Å². The first-order valence-corrected chi connectivity index (χ1v) is 12.2. The highest BCUT2D eigenvalue weighted by molar-refractivity contribution is 6.15.